The van der Waals surface area contributed by atoms with Crippen LogP contribution in [0.2, 0.25) is 0 Å². The lowest BCUT2D eigenvalue weighted by Crippen LogP contribution is -2.42. The van der Waals surface area contributed by atoms with E-state index in [2.05, 4.69) is 45.2 Å². The standard InChI is InChI=1S/C13H19BrN2O/c1-10-7-12(14)8-11(13(10)17-2)9-16-5-3-15-4-6-16/h7-8,15H,3-6,9H2,1-2H3. The van der Waals surface area contributed by atoms with Gasteiger partial charge >= 0.3 is 0 Å². The summed E-state index contributed by atoms with van der Waals surface area (Å²) >= 11 is 3.55. The van der Waals surface area contributed by atoms with Gasteiger partial charge in [0.05, 0.1) is 7.11 Å². The molecule has 1 aromatic rings. The molecule has 2 rings (SSSR count). The summed E-state index contributed by atoms with van der Waals surface area (Å²) in [7, 11) is 1.75. The molecule has 94 valence electrons. The SMILES string of the molecule is COc1c(C)cc(Br)cc1CN1CCNCC1. The van der Waals surface area contributed by atoms with E-state index >= 15 is 0 Å². The molecule has 0 aromatic heterocycles. The first-order valence-electron chi connectivity index (χ1n) is 5.97. The van der Waals surface area contributed by atoms with E-state index in [1.54, 1.807) is 7.11 Å². The van der Waals surface area contributed by atoms with Crippen LogP contribution in [0, 0.1) is 6.92 Å². The van der Waals surface area contributed by atoms with Crippen LogP contribution in [-0.2, 0) is 6.54 Å². The van der Waals surface area contributed by atoms with Crippen LogP contribution in [0.4, 0.5) is 0 Å². The minimum atomic E-state index is 0.963. The molecule has 3 nitrogen and oxygen atoms in total. The van der Waals surface area contributed by atoms with Crippen molar-refractivity contribution in [1.82, 2.24) is 10.2 Å². The number of halogens is 1. The van der Waals surface area contributed by atoms with E-state index in [4.69, 9.17) is 4.74 Å². The van der Waals surface area contributed by atoms with E-state index in [1.807, 2.05) is 0 Å². The Kier molecular flexibility index (Phi) is 4.42. The van der Waals surface area contributed by atoms with Crippen molar-refractivity contribution in [2.24, 2.45) is 0 Å². The highest BCUT2D eigenvalue weighted by Gasteiger charge is 2.14. The molecule has 17 heavy (non-hydrogen) atoms. The van der Waals surface area contributed by atoms with E-state index in [1.165, 1.54) is 11.1 Å². The van der Waals surface area contributed by atoms with Gasteiger partial charge in [0.15, 0.2) is 0 Å². The van der Waals surface area contributed by atoms with Gasteiger partial charge in [-0.1, -0.05) is 15.9 Å². The summed E-state index contributed by atoms with van der Waals surface area (Å²) < 4.78 is 6.64. The molecule has 0 spiro atoms. The maximum Gasteiger partial charge on any atom is 0.126 e. The van der Waals surface area contributed by atoms with Gasteiger partial charge in [-0.3, -0.25) is 4.90 Å². The molecule has 0 saturated carbocycles. The average Bonchev–Trinajstić information content (AvgIpc) is 2.30. The molecule has 1 N–H and O–H groups in total. The minimum Gasteiger partial charge on any atom is -0.496 e. The van der Waals surface area contributed by atoms with Crippen LogP contribution < -0.4 is 10.1 Å². The lowest BCUT2D eigenvalue weighted by atomic mass is 10.1. The molecule has 0 unspecified atom stereocenters. The maximum absolute atomic E-state index is 5.51. The van der Waals surface area contributed by atoms with E-state index in [0.29, 0.717) is 0 Å². The molecular weight excluding hydrogens is 280 g/mol. The number of piperazine rings is 1. The van der Waals surface area contributed by atoms with Gasteiger partial charge in [-0.25, -0.2) is 0 Å². The normalized spacial score (nSPS) is 17.1. The zero-order chi connectivity index (χ0) is 12.3. The highest BCUT2D eigenvalue weighted by Crippen LogP contribution is 2.28. The summed E-state index contributed by atoms with van der Waals surface area (Å²) in [6.07, 6.45) is 0. The lowest BCUT2D eigenvalue weighted by Gasteiger charge is -2.28. The number of benzene rings is 1. The van der Waals surface area contributed by atoms with Crippen LogP contribution in [0.1, 0.15) is 11.1 Å². The lowest BCUT2D eigenvalue weighted by molar-refractivity contribution is 0.230. The number of hydrogen-bond donors (Lipinski definition) is 1. The fourth-order valence-corrected chi connectivity index (χ4v) is 2.94. The van der Waals surface area contributed by atoms with Crippen molar-refractivity contribution >= 4 is 15.9 Å². The highest BCUT2D eigenvalue weighted by atomic mass is 79.9. The molecule has 0 atom stereocenters. The van der Waals surface area contributed by atoms with Gasteiger partial charge in [-0.05, 0) is 24.6 Å². The van der Waals surface area contributed by atoms with Crippen LogP contribution in [0.25, 0.3) is 0 Å². The summed E-state index contributed by atoms with van der Waals surface area (Å²) in [5.41, 5.74) is 2.45. The molecule has 1 fully saturated rings. The topological polar surface area (TPSA) is 24.5 Å². The summed E-state index contributed by atoms with van der Waals surface area (Å²) in [6, 6.07) is 4.26. The van der Waals surface area contributed by atoms with Crippen molar-refractivity contribution < 1.29 is 4.74 Å². The fourth-order valence-electron chi connectivity index (χ4n) is 2.32. The number of methoxy groups -OCH3 is 1. The van der Waals surface area contributed by atoms with Gasteiger partial charge < -0.3 is 10.1 Å². The first kappa shape index (κ1) is 12.9. The fraction of sp³-hybridized carbons (Fsp3) is 0.538. The Bertz CT molecular complexity index is 389. The Morgan fingerprint density at radius 2 is 2.06 bits per heavy atom. The maximum atomic E-state index is 5.51. The number of nitrogens with one attached hydrogen (secondary N) is 1. The molecule has 1 heterocycles. The first-order chi connectivity index (χ1) is 8.20. The quantitative estimate of drug-likeness (QED) is 0.926. The monoisotopic (exact) mass is 298 g/mol. The predicted molar refractivity (Wildman–Crippen MR) is 73.6 cm³/mol. The van der Waals surface area contributed by atoms with Gasteiger partial charge in [0, 0.05) is 42.8 Å². The van der Waals surface area contributed by atoms with Crippen molar-refractivity contribution in [1.29, 1.82) is 0 Å². The largest absolute Gasteiger partial charge is 0.496 e. The molecule has 4 heteroatoms. The second-order valence-electron chi connectivity index (χ2n) is 4.44. The van der Waals surface area contributed by atoms with Gasteiger partial charge in [-0.2, -0.15) is 0 Å². The van der Waals surface area contributed by atoms with Gasteiger partial charge in [-0.15, -0.1) is 0 Å². The van der Waals surface area contributed by atoms with Crippen LogP contribution in [0.5, 0.6) is 5.75 Å². The Morgan fingerprint density at radius 1 is 1.35 bits per heavy atom. The number of hydrogen-bond acceptors (Lipinski definition) is 3. The molecule has 0 bridgehead atoms. The summed E-state index contributed by atoms with van der Waals surface area (Å²) in [4.78, 5) is 2.46. The zero-order valence-corrected chi connectivity index (χ0v) is 12.0. The smallest absolute Gasteiger partial charge is 0.126 e. The Labute approximate surface area is 111 Å². The van der Waals surface area contributed by atoms with Crippen LogP contribution in [0.3, 0.4) is 0 Å². The Morgan fingerprint density at radius 3 is 2.71 bits per heavy atom. The second kappa shape index (κ2) is 5.85. The molecule has 1 saturated heterocycles. The van der Waals surface area contributed by atoms with Crippen LogP contribution in [-0.4, -0.2) is 38.2 Å². The van der Waals surface area contributed by atoms with E-state index in [0.717, 1.165) is 42.9 Å². The predicted octanol–water partition coefficient (Wildman–Crippen LogP) is 2.17. The highest BCUT2D eigenvalue weighted by molar-refractivity contribution is 9.10. The average molecular weight is 299 g/mol. The van der Waals surface area contributed by atoms with Crippen molar-refractivity contribution in [3.05, 3.63) is 27.7 Å². The third-order valence-electron chi connectivity index (χ3n) is 3.12. The number of aryl methyl sites for hydroxylation is 1. The minimum absolute atomic E-state index is 0.963. The van der Waals surface area contributed by atoms with Gasteiger partial charge in [0.25, 0.3) is 0 Å². The zero-order valence-electron chi connectivity index (χ0n) is 10.4. The Balaban J connectivity index is 2.18. The summed E-state index contributed by atoms with van der Waals surface area (Å²) in [5, 5.41) is 3.37. The molecule has 1 aliphatic rings. The van der Waals surface area contributed by atoms with Crippen LogP contribution >= 0.6 is 15.9 Å². The van der Waals surface area contributed by atoms with Crippen LogP contribution in [0.15, 0.2) is 16.6 Å². The van der Waals surface area contributed by atoms with E-state index < -0.39 is 0 Å². The summed E-state index contributed by atoms with van der Waals surface area (Å²) in [6.45, 7) is 7.42. The van der Waals surface area contributed by atoms with E-state index in [9.17, 15) is 0 Å². The number of ether oxygens (including phenoxy) is 1. The number of rotatable bonds is 3. The molecular formula is C13H19BrN2O. The molecule has 0 amide bonds. The van der Waals surface area contributed by atoms with Crippen molar-refractivity contribution in [3.8, 4) is 5.75 Å². The number of nitrogens with zero attached hydrogens (tertiary/aromatic N) is 1. The Hall–Kier alpha value is -0.580. The van der Waals surface area contributed by atoms with Crippen molar-refractivity contribution in [2.75, 3.05) is 33.3 Å². The third-order valence-corrected chi connectivity index (χ3v) is 3.58. The van der Waals surface area contributed by atoms with Crippen molar-refractivity contribution in [3.63, 3.8) is 0 Å². The molecule has 0 aliphatic carbocycles. The van der Waals surface area contributed by atoms with E-state index in [-0.39, 0.29) is 0 Å². The molecule has 1 aliphatic heterocycles. The molecule has 0 radical (unpaired) electrons. The first-order valence-corrected chi connectivity index (χ1v) is 6.76. The van der Waals surface area contributed by atoms with Crippen molar-refractivity contribution in [2.45, 2.75) is 13.5 Å². The summed E-state index contributed by atoms with van der Waals surface area (Å²) in [5.74, 6) is 1.02. The second-order valence-corrected chi connectivity index (χ2v) is 5.36. The third kappa shape index (κ3) is 3.21. The molecule has 1 aromatic carbocycles. The van der Waals surface area contributed by atoms with Gasteiger partial charge in [0.1, 0.15) is 5.75 Å². The van der Waals surface area contributed by atoms with Gasteiger partial charge in [0.2, 0.25) is 0 Å².